The maximum atomic E-state index is 13.3. The van der Waals surface area contributed by atoms with Crippen LogP contribution in [0.15, 0.2) is 59.7 Å². The second-order valence-corrected chi connectivity index (χ2v) is 6.02. The van der Waals surface area contributed by atoms with Crippen LogP contribution >= 0.6 is 0 Å². The van der Waals surface area contributed by atoms with Crippen molar-refractivity contribution in [2.75, 3.05) is 5.01 Å². The fourth-order valence-electron chi connectivity index (χ4n) is 3.20. The third kappa shape index (κ3) is 3.05. The lowest BCUT2D eigenvalue weighted by Gasteiger charge is -2.24. The van der Waals surface area contributed by atoms with Crippen LogP contribution in [0.5, 0.6) is 0 Å². The average molecular weight is 346 g/mol. The number of anilines is 1. The van der Waals surface area contributed by atoms with Crippen LogP contribution < -0.4 is 5.01 Å². The summed E-state index contributed by atoms with van der Waals surface area (Å²) in [6, 6.07) is 18.4. The Morgan fingerprint density at radius 2 is 1.69 bits per heavy atom. The lowest BCUT2D eigenvalue weighted by atomic mass is 9.76. The summed E-state index contributed by atoms with van der Waals surface area (Å²) in [6.45, 7) is 1.70. The van der Waals surface area contributed by atoms with E-state index in [-0.39, 0.29) is 5.91 Å². The van der Waals surface area contributed by atoms with Crippen LogP contribution in [0.1, 0.15) is 18.4 Å². The predicted molar refractivity (Wildman–Crippen MR) is 94.4 cm³/mol. The highest BCUT2D eigenvalue weighted by molar-refractivity contribution is 6.15. The molecule has 0 N–H and O–H groups in total. The zero-order chi connectivity index (χ0) is 18.7. The van der Waals surface area contributed by atoms with E-state index in [0.29, 0.717) is 17.0 Å². The van der Waals surface area contributed by atoms with Crippen molar-refractivity contribution in [1.82, 2.24) is 0 Å². The number of halogens is 1. The van der Waals surface area contributed by atoms with Gasteiger partial charge in [0, 0.05) is 11.6 Å². The highest BCUT2D eigenvalue weighted by atomic mass is 19.1. The molecule has 0 bridgehead atoms. The number of carbonyl (C=O) groups excluding carboxylic acids is 1. The summed E-state index contributed by atoms with van der Waals surface area (Å²) in [7, 11) is 0. The molecule has 1 amide bonds. The molecule has 6 heteroatoms. The minimum Gasteiger partial charge on any atom is -0.272 e. The number of nitriles is 2. The molecule has 2 atom stereocenters. The Balaban J connectivity index is 2.04. The lowest BCUT2D eigenvalue weighted by molar-refractivity contribution is -0.120. The van der Waals surface area contributed by atoms with Crippen molar-refractivity contribution in [3.05, 3.63) is 66.0 Å². The molecule has 0 unspecified atom stereocenters. The van der Waals surface area contributed by atoms with Crippen LogP contribution in [-0.2, 0) is 4.79 Å². The highest BCUT2D eigenvalue weighted by Crippen LogP contribution is 2.38. The number of nitrogens with zero attached hydrogens (tertiary/aromatic N) is 4. The molecule has 0 aromatic heterocycles. The molecule has 3 rings (SSSR count). The molecule has 5 nitrogen and oxygen atoms in total. The Kier molecular flexibility index (Phi) is 4.77. The Labute approximate surface area is 150 Å². The third-order valence-electron chi connectivity index (χ3n) is 4.43. The first-order valence-electron chi connectivity index (χ1n) is 8.05. The Morgan fingerprint density at radius 3 is 2.27 bits per heavy atom. The fourth-order valence-corrected chi connectivity index (χ4v) is 3.20. The Morgan fingerprint density at radius 1 is 1.08 bits per heavy atom. The number of rotatable bonds is 4. The van der Waals surface area contributed by atoms with Crippen molar-refractivity contribution < 1.29 is 9.18 Å². The summed E-state index contributed by atoms with van der Waals surface area (Å²) in [6.07, 6.45) is 0. The van der Waals surface area contributed by atoms with Crippen molar-refractivity contribution in [3.63, 3.8) is 0 Å². The van der Waals surface area contributed by atoms with Crippen molar-refractivity contribution in [2.45, 2.75) is 12.8 Å². The minimum absolute atomic E-state index is 0.307. The first-order chi connectivity index (χ1) is 12.6. The van der Waals surface area contributed by atoms with E-state index in [1.165, 1.54) is 29.3 Å². The molecular formula is C20H15FN4O. The van der Waals surface area contributed by atoms with E-state index >= 15 is 0 Å². The molecule has 128 valence electrons. The van der Waals surface area contributed by atoms with Crippen LogP contribution in [0, 0.1) is 40.3 Å². The molecule has 0 spiro atoms. The summed E-state index contributed by atoms with van der Waals surface area (Å²) in [5.41, 5.74) is 1.69. The Hall–Kier alpha value is -3.51. The molecule has 0 radical (unpaired) electrons. The second-order valence-electron chi connectivity index (χ2n) is 6.02. The van der Waals surface area contributed by atoms with E-state index in [9.17, 15) is 19.7 Å². The van der Waals surface area contributed by atoms with Crippen LogP contribution in [-0.4, -0.2) is 11.6 Å². The van der Waals surface area contributed by atoms with Gasteiger partial charge in [-0.05, 0) is 36.8 Å². The van der Waals surface area contributed by atoms with Gasteiger partial charge in [0.1, 0.15) is 11.7 Å². The van der Waals surface area contributed by atoms with Crippen molar-refractivity contribution in [3.8, 4) is 12.1 Å². The van der Waals surface area contributed by atoms with E-state index in [2.05, 4.69) is 5.10 Å². The molecule has 1 aliphatic rings. The number of carbonyl (C=O) groups is 1. The van der Waals surface area contributed by atoms with Gasteiger partial charge in [-0.3, -0.25) is 4.79 Å². The van der Waals surface area contributed by atoms with Gasteiger partial charge in [-0.1, -0.05) is 30.3 Å². The van der Waals surface area contributed by atoms with Crippen molar-refractivity contribution in [1.29, 1.82) is 10.5 Å². The molecule has 26 heavy (non-hydrogen) atoms. The molecule has 0 saturated carbocycles. The van der Waals surface area contributed by atoms with Crippen LogP contribution in [0.3, 0.4) is 0 Å². The summed E-state index contributed by atoms with van der Waals surface area (Å²) >= 11 is 0. The molecule has 0 fully saturated rings. The minimum atomic E-state index is -1.06. The summed E-state index contributed by atoms with van der Waals surface area (Å²) in [5.74, 6) is -3.28. The van der Waals surface area contributed by atoms with E-state index in [1.807, 2.05) is 18.2 Å². The zero-order valence-corrected chi connectivity index (χ0v) is 14.0. The first kappa shape index (κ1) is 17.3. The highest BCUT2D eigenvalue weighted by Gasteiger charge is 2.44. The van der Waals surface area contributed by atoms with Crippen LogP contribution in [0.25, 0.3) is 0 Å². The predicted octanol–water partition coefficient (Wildman–Crippen LogP) is 3.61. The van der Waals surface area contributed by atoms with E-state index in [0.717, 1.165) is 0 Å². The number of para-hydroxylation sites is 1. The third-order valence-corrected chi connectivity index (χ3v) is 4.43. The standard InChI is InChI=1S/C20H15FN4O/c1-13-18(20(26)25(24-13)17-5-3-2-4-6-17)19(15(11-22)12-23)14-7-9-16(21)10-8-14/h2-10,15,18-19H,1H3/t18-,19+/m1/s1. The van der Waals surface area contributed by atoms with Gasteiger partial charge in [0.25, 0.3) is 5.91 Å². The second kappa shape index (κ2) is 7.16. The van der Waals surface area contributed by atoms with Gasteiger partial charge >= 0.3 is 0 Å². The lowest BCUT2D eigenvalue weighted by Crippen LogP contribution is -2.34. The van der Waals surface area contributed by atoms with Gasteiger partial charge < -0.3 is 0 Å². The average Bonchev–Trinajstić information content (AvgIpc) is 2.96. The van der Waals surface area contributed by atoms with E-state index in [4.69, 9.17) is 0 Å². The van der Waals surface area contributed by atoms with E-state index in [1.54, 1.807) is 31.2 Å². The number of hydrogen-bond acceptors (Lipinski definition) is 4. The summed E-state index contributed by atoms with van der Waals surface area (Å²) in [4.78, 5) is 13.1. The molecule has 0 saturated heterocycles. The smallest absolute Gasteiger partial charge is 0.256 e. The summed E-state index contributed by atoms with van der Waals surface area (Å²) < 4.78 is 13.3. The number of benzene rings is 2. The fraction of sp³-hybridized carbons (Fsp3) is 0.200. The topological polar surface area (TPSA) is 80.2 Å². The maximum Gasteiger partial charge on any atom is 0.256 e. The number of hydrogen-bond donors (Lipinski definition) is 0. The molecule has 0 aliphatic carbocycles. The maximum absolute atomic E-state index is 13.3. The van der Waals surface area contributed by atoms with E-state index < -0.39 is 23.6 Å². The molecule has 1 heterocycles. The molecule has 2 aromatic rings. The van der Waals surface area contributed by atoms with Crippen LogP contribution in [0.2, 0.25) is 0 Å². The number of hydrazone groups is 1. The normalized spacial score (nSPS) is 17.6. The van der Waals surface area contributed by atoms with Gasteiger partial charge in [-0.15, -0.1) is 0 Å². The molecule has 2 aromatic carbocycles. The van der Waals surface area contributed by atoms with Crippen LogP contribution in [0.4, 0.5) is 10.1 Å². The quantitative estimate of drug-likeness (QED) is 0.848. The van der Waals surface area contributed by atoms with Gasteiger partial charge in [0.05, 0.1) is 23.7 Å². The van der Waals surface area contributed by atoms with Gasteiger partial charge in [0.15, 0.2) is 0 Å². The van der Waals surface area contributed by atoms with Gasteiger partial charge in [0.2, 0.25) is 0 Å². The monoisotopic (exact) mass is 346 g/mol. The Bertz CT molecular complexity index is 911. The molecular weight excluding hydrogens is 331 g/mol. The molecule has 1 aliphatic heterocycles. The van der Waals surface area contributed by atoms with Crippen molar-refractivity contribution in [2.24, 2.45) is 16.9 Å². The number of amides is 1. The largest absolute Gasteiger partial charge is 0.272 e. The SMILES string of the molecule is CC1=NN(c2ccccc2)C(=O)[C@H]1[C@@H](c1ccc(F)cc1)C(C#N)C#N. The van der Waals surface area contributed by atoms with Crippen molar-refractivity contribution >= 4 is 17.3 Å². The summed E-state index contributed by atoms with van der Waals surface area (Å²) in [5, 5.41) is 24.5. The van der Waals surface area contributed by atoms with Gasteiger partial charge in [-0.25, -0.2) is 9.40 Å². The first-order valence-corrected chi connectivity index (χ1v) is 8.05. The zero-order valence-electron chi connectivity index (χ0n) is 14.0. The van der Waals surface area contributed by atoms with Gasteiger partial charge in [-0.2, -0.15) is 15.6 Å².